The van der Waals surface area contributed by atoms with Gasteiger partial charge in [-0.1, -0.05) is 36.8 Å². The number of anilines is 1. The fourth-order valence-electron chi connectivity index (χ4n) is 3.57. The molecule has 2 aromatic carbocycles. The van der Waals surface area contributed by atoms with Crippen molar-refractivity contribution in [3.8, 4) is 0 Å². The number of sulfone groups is 1. The first-order chi connectivity index (χ1) is 12.9. The van der Waals surface area contributed by atoms with Crippen LogP contribution in [0.4, 0.5) is 5.82 Å². The van der Waals surface area contributed by atoms with Crippen molar-refractivity contribution in [2.75, 3.05) is 18.0 Å². The third-order valence-corrected chi connectivity index (χ3v) is 6.74. The fraction of sp³-hybridized carbons (Fsp3) is 0.333. The summed E-state index contributed by atoms with van der Waals surface area (Å²) >= 11 is 0. The highest BCUT2D eigenvalue weighted by molar-refractivity contribution is 7.91. The van der Waals surface area contributed by atoms with Gasteiger partial charge in [0.15, 0.2) is 5.82 Å². The maximum Gasteiger partial charge on any atom is 0.227 e. The van der Waals surface area contributed by atoms with Gasteiger partial charge >= 0.3 is 0 Å². The van der Waals surface area contributed by atoms with Crippen LogP contribution >= 0.6 is 0 Å². The lowest BCUT2D eigenvalue weighted by atomic mass is 10.0. The van der Waals surface area contributed by atoms with Crippen molar-refractivity contribution in [1.82, 2.24) is 9.97 Å². The number of rotatable bonds is 3. The Labute approximate surface area is 160 Å². The van der Waals surface area contributed by atoms with Crippen molar-refractivity contribution in [1.29, 1.82) is 0 Å². The van der Waals surface area contributed by atoms with E-state index in [0.29, 0.717) is 22.8 Å². The van der Waals surface area contributed by atoms with E-state index in [0.717, 1.165) is 31.5 Å². The molecule has 5 nitrogen and oxygen atoms in total. The minimum Gasteiger partial charge on any atom is -0.354 e. The Balaban J connectivity index is 1.92. The van der Waals surface area contributed by atoms with Gasteiger partial charge in [-0.2, -0.15) is 0 Å². The van der Waals surface area contributed by atoms with Crippen molar-refractivity contribution >= 4 is 26.7 Å². The lowest BCUT2D eigenvalue weighted by molar-refractivity contribution is 0.442. The molecule has 1 unspecified atom stereocenters. The number of nitrogens with zero attached hydrogens (tertiary/aromatic N) is 3. The number of fused-ring (bicyclic) bond motifs is 1. The number of para-hydroxylation sites is 2. The molecule has 2 heterocycles. The van der Waals surface area contributed by atoms with Crippen LogP contribution in [0.2, 0.25) is 0 Å². The van der Waals surface area contributed by atoms with Gasteiger partial charge in [0.25, 0.3) is 0 Å². The van der Waals surface area contributed by atoms with Gasteiger partial charge in [0.05, 0.1) is 15.9 Å². The summed E-state index contributed by atoms with van der Waals surface area (Å²) in [5, 5.41) is 0.0548. The third kappa shape index (κ3) is 3.41. The van der Waals surface area contributed by atoms with Crippen LogP contribution in [0.15, 0.2) is 58.5 Å². The topological polar surface area (TPSA) is 63.2 Å². The summed E-state index contributed by atoms with van der Waals surface area (Å²) in [4.78, 5) is 11.6. The predicted molar refractivity (Wildman–Crippen MR) is 107 cm³/mol. The smallest absolute Gasteiger partial charge is 0.227 e. The van der Waals surface area contributed by atoms with E-state index in [9.17, 15) is 8.42 Å². The Bertz CT molecular complexity index is 1080. The van der Waals surface area contributed by atoms with Crippen molar-refractivity contribution in [2.24, 2.45) is 5.92 Å². The lowest BCUT2D eigenvalue weighted by Crippen LogP contribution is -2.36. The second-order valence-electron chi connectivity index (χ2n) is 7.35. The standard InChI is InChI=1S/C21H23N3O2S/c1-15-9-11-17(12-10-15)27(25,26)21-20(24-13-5-6-16(2)14-24)22-18-7-3-4-8-19(18)23-21/h3-4,7-12,16H,5-6,13-14H2,1-2H3. The molecule has 1 aliphatic rings. The summed E-state index contributed by atoms with van der Waals surface area (Å²) in [6.45, 7) is 5.72. The number of aryl methyl sites for hydroxylation is 1. The van der Waals surface area contributed by atoms with Crippen LogP contribution in [0.1, 0.15) is 25.3 Å². The van der Waals surface area contributed by atoms with Gasteiger partial charge in [-0.05, 0) is 49.9 Å². The quantitative estimate of drug-likeness (QED) is 0.686. The van der Waals surface area contributed by atoms with Crippen LogP contribution in [0.3, 0.4) is 0 Å². The zero-order chi connectivity index (χ0) is 19.0. The number of hydrogen-bond acceptors (Lipinski definition) is 5. The molecule has 3 aromatic rings. The van der Waals surface area contributed by atoms with Gasteiger partial charge in [0.2, 0.25) is 14.9 Å². The summed E-state index contributed by atoms with van der Waals surface area (Å²) in [7, 11) is -3.76. The van der Waals surface area contributed by atoms with E-state index in [1.165, 1.54) is 0 Å². The summed E-state index contributed by atoms with van der Waals surface area (Å²) in [5.41, 5.74) is 2.33. The Morgan fingerprint density at radius 2 is 1.67 bits per heavy atom. The summed E-state index contributed by atoms with van der Waals surface area (Å²) in [6.07, 6.45) is 2.18. The summed E-state index contributed by atoms with van der Waals surface area (Å²) in [6, 6.07) is 14.3. The van der Waals surface area contributed by atoms with Crippen LogP contribution < -0.4 is 4.90 Å². The molecule has 1 aliphatic heterocycles. The number of piperidine rings is 1. The highest BCUT2D eigenvalue weighted by Crippen LogP contribution is 2.32. The van der Waals surface area contributed by atoms with Crippen LogP contribution in [0.5, 0.6) is 0 Å². The second-order valence-corrected chi connectivity index (χ2v) is 9.22. The molecule has 1 aromatic heterocycles. The highest BCUT2D eigenvalue weighted by atomic mass is 32.2. The molecule has 0 aliphatic carbocycles. The molecule has 6 heteroatoms. The zero-order valence-electron chi connectivity index (χ0n) is 15.6. The van der Waals surface area contributed by atoms with Gasteiger partial charge in [0.1, 0.15) is 0 Å². The maximum absolute atomic E-state index is 13.4. The Morgan fingerprint density at radius 3 is 2.33 bits per heavy atom. The molecular weight excluding hydrogens is 358 g/mol. The molecule has 0 saturated carbocycles. The minimum atomic E-state index is -3.76. The lowest BCUT2D eigenvalue weighted by Gasteiger charge is -2.32. The Morgan fingerprint density at radius 1 is 1.00 bits per heavy atom. The number of benzene rings is 2. The number of aromatic nitrogens is 2. The SMILES string of the molecule is Cc1ccc(S(=O)(=O)c2nc3ccccc3nc2N2CCCC(C)C2)cc1. The van der Waals surface area contributed by atoms with E-state index in [4.69, 9.17) is 4.98 Å². The van der Waals surface area contributed by atoms with E-state index >= 15 is 0 Å². The van der Waals surface area contributed by atoms with Crippen LogP contribution in [-0.4, -0.2) is 31.5 Å². The van der Waals surface area contributed by atoms with E-state index < -0.39 is 9.84 Å². The molecule has 1 fully saturated rings. The first-order valence-corrected chi connectivity index (χ1v) is 10.8. The van der Waals surface area contributed by atoms with Gasteiger partial charge in [-0.3, -0.25) is 0 Å². The maximum atomic E-state index is 13.4. The van der Waals surface area contributed by atoms with Gasteiger partial charge < -0.3 is 4.90 Å². The molecule has 0 bridgehead atoms. The highest BCUT2D eigenvalue weighted by Gasteiger charge is 2.29. The van der Waals surface area contributed by atoms with Crippen LogP contribution in [0.25, 0.3) is 11.0 Å². The average molecular weight is 382 g/mol. The summed E-state index contributed by atoms with van der Waals surface area (Å²) in [5.74, 6) is 0.975. The third-order valence-electron chi connectivity index (χ3n) is 5.06. The van der Waals surface area contributed by atoms with E-state index in [1.54, 1.807) is 18.2 Å². The largest absolute Gasteiger partial charge is 0.354 e. The average Bonchev–Trinajstić information content (AvgIpc) is 2.67. The Kier molecular flexibility index (Phi) is 4.60. The van der Waals surface area contributed by atoms with Crippen LogP contribution in [0, 0.1) is 12.8 Å². The van der Waals surface area contributed by atoms with Gasteiger partial charge in [-0.25, -0.2) is 18.4 Å². The normalized spacial score (nSPS) is 18.0. The van der Waals surface area contributed by atoms with Crippen molar-refractivity contribution in [2.45, 2.75) is 36.6 Å². The fourth-order valence-corrected chi connectivity index (χ4v) is 4.92. The molecule has 1 saturated heterocycles. The molecule has 4 rings (SSSR count). The molecule has 1 atom stereocenters. The Hall–Kier alpha value is -2.47. The monoisotopic (exact) mass is 381 g/mol. The zero-order valence-corrected chi connectivity index (χ0v) is 16.4. The summed E-state index contributed by atoms with van der Waals surface area (Å²) < 4.78 is 26.8. The molecule has 0 spiro atoms. The second kappa shape index (κ2) is 6.93. The molecule has 140 valence electrons. The van der Waals surface area contributed by atoms with Crippen LogP contribution in [-0.2, 0) is 9.84 Å². The first kappa shape index (κ1) is 17.9. The molecule has 0 N–H and O–H groups in total. The van der Waals surface area contributed by atoms with Gasteiger partial charge in [0, 0.05) is 13.1 Å². The number of hydrogen-bond donors (Lipinski definition) is 0. The predicted octanol–water partition coefficient (Wildman–Crippen LogP) is 4.01. The van der Waals surface area contributed by atoms with Gasteiger partial charge in [-0.15, -0.1) is 0 Å². The van der Waals surface area contributed by atoms with E-state index in [1.807, 2.05) is 37.3 Å². The molecule has 0 amide bonds. The van der Waals surface area contributed by atoms with Crippen molar-refractivity contribution in [3.63, 3.8) is 0 Å². The molecular formula is C21H23N3O2S. The molecule has 0 radical (unpaired) electrons. The minimum absolute atomic E-state index is 0.0548. The van der Waals surface area contributed by atoms with Crippen molar-refractivity contribution in [3.05, 3.63) is 54.1 Å². The molecule has 27 heavy (non-hydrogen) atoms. The van der Waals surface area contributed by atoms with E-state index in [2.05, 4.69) is 16.8 Å². The van der Waals surface area contributed by atoms with Crippen molar-refractivity contribution < 1.29 is 8.42 Å². The first-order valence-electron chi connectivity index (χ1n) is 9.28. The van der Waals surface area contributed by atoms with E-state index in [-0.39, 0.29) is 9.92 Å².